The van der Waals surface area contributed by atoms with Gasteiger partial charge in [0.25, 0.3) is 0 Å². The highest BCUT2D eigenvalue weighted by Gasteiger charge is 2.34. The van der Waals surface area contributed by atoms with Gasteiger partial charge in [-0.25, -0.2) is 4.98 Å². The Bertz CT molecular complexity index is 491. The zero-order valence-electron chi connectivity index (χ0n) is 13.1. The van der Waals surface area contributed by atoms with Gasteiger partial charge in [0.1, 0.15) is 10.4 Å². The third kappa shape index (κ3) is 4.71. The minimum Gasteiger partial charge on any atom is -0.354 e. The van der Waals surface area contributed by atoms with Crippen LogP contribution in [-0.4, -0.2) is 46.6 Å². The fraction of sp³-hybridized carbons (Fsp3) is 0.667. The highest BCUT2D eigenvalue weighted by atomic mass is 32.2. The first-order valence-electron chi connectivity index (χ1n) is 7.69. The van der Waals surface area contributed by atoms with Gasteiger partial charge in [-0.05, 0) is 18.8 Å². The van der Waals surface area contributed by atoms with Crippen molar-refractivity contribution in [3.8, 4) is 0 Å². The van der Waals surface area contributed by atoms with E-state index in [4.69, 9.17) is 0 Å². The highest BCUT2D eigenvalue weighted by Crippen LogP contribution is 2.21. The first-order chi connectivity index (χ1) is 10.6. The van der Waals surface area contributed by atoms with Gasteiger partial charge in [-0.1, -0.05) is 25.6 Å². The molecule has 0 aromatic carbocycles. The third-order valence-electron chi connectivity index (χ3n) is 3.60. The number of carbonyl (C=O) groups excluding carboxylic acids is 2. The lowest BCUT2D eigenvalue weighted by molar-refractivity contribution is -0.139. The minimum atomic E-state index is -0.332. The van der Waals surface area contributed by atoms with E-state index < -0.39 is 0 Å². The number of nitrogens with one attached hydrogen (secondary N) is 1. The number of hydrogen-bond donors (Lipinski definition) is 1. The molecule has 1 aliphatic rings. The van der Waals surface area contributed by atoms with Crippen LogP contribution in [0.25, 0.3) is 0 Å². The number of carbonyl (C=O) groups is 2. The lowest BCUT2D eigenvalue weighted by atomic mass is 10.0. The maximum Gasteiger partial charge on any atom is 0.243 e. The molecule has 0 bridgehead atoms. The second-order valence-electron chi connectivity index (χ2n) is 5.67. The van der Waals surface area contributed by atoms with Gasteiger partial charge < -0.3 is 10.2 Å². The average molecular weight is 342 g/mol. The number of amides is 2. The zero-order chi connectivity index (χ0) is 15.9. The van der Waals surface area contributed by atoms with Crippen molar-refractivity contribution in [1.82, 2.24) is 15.2 Å². The molecule has 5 nitrogen and oxygen atoms in total. The number of likely N-dealkylation sites (tertiary alicyclic amines) is 1. The predicted molar refractivity (Wildman–Crippen MR) is 90.0 cm³/mol. The molecule has 1 N–H and O–H groups in total. The fourth-order valence-electron chi connectivity index (χ4n) is 2.60. The number of rotatable bonds is 8. The molecule has 2 amide bonds. The molecule has 0 spiro atoms. The van der Waals surface area contributed by atoms with Crippen molar-refractivity contribution < 1.29 is 9.59 Å². The van der Waals surface area contributed by atoms with Gasteiger partial charge in [-0.15, -0.1) is 11.3 Å². The molecular formula is C15H23N3O2S2. The molecule has 0 aliphatic carbocycles. The SMILES string of the molecule is CC(C)[C@H](C(=O)NCCCSc1nccs1)N1CCCC1=O. The summed E-state index contributed by atoms with van der Waals surface area (Å²) in [5.41, 5.74) is 0. The molecule has 1 aliphatic heterocycles. The van der Waals surface area contributed by atoms with Crippen LogP contribution in [0, 0.1) is 5.92 Å². The Morgan fingerprint density at radius 3 is 2.95 bits per heavy atom. The summed E-state index contributed by atoms with van der Waals surface area (Å²) in [6.07, 6.45) is 4.13. The predicted octanol–water partition coefficient (Wildman–Crippen LogP) is 2.39. The van der Waals surface area contributed by atoms with Gasteiger partial charge in [-0.2, -0.15) is 0 Å². The Morgan fingerprint density at radius 1 is 1.55 bits per heavy atom. The van der Waals surface area contributed by atoms with Crippen LogP contribution in [0.4, 0.5) is 0 Å². The van der Waals surface area contributed by atoms with Crippen LogP contribution in [0.2, 0.25) is 0 Å². The molecular weight excluding hydrogens is 318 g/mol. The van der Waals surface area contributed by atoms with E-state index in [2.05, 4.69) is 10.3 Å². The lowest BCUT2D eigenvalue weighted by Crippen LogP contribution is -2.50. The minimum absolute atomic E-state index is 0.0236. The van der Waals surface area contributed by atoms with E-state index in [1.54, 1.807) is 34.2 Å². The van der Waals surface area contributed by atoms with Crippen molar-refractivity contribution in [2.75, 3.05) is 18.8 Å². The van der Waals surface area contributed by atoms with E-state index in [9.17, 15) is 9.59 Å². The van der Waals surface area contributed by atoms with E-state index in [0.29, 0.717) is 19.5 Å². The Kier molecular flexibility index (Phi) is 6.70. The molecule has 1 fully saturated rings. The lowest BCUT2D eigenvalue weighted by Gasteiger charge is -2.29. The van der Waals surface area contributed by atoms with Crippen LogP contribution >= 0.6 is 23.1 Å². The molecule has 0 radical (unpaired) electrons. The Labute approximate surface area is 139 Å². The number of hydrogen-bond acceptors (Lipinski definition) is 5. The molecule has 0 saturated carbocycles. The standard InChI is InChI=1S/C15H23N3O2S2/c1-11(2)13(18-8-3-5-12(18)19)14(20)16-6-4-9-21-15-17-7-10-22-15/h7,10-11,13H,3-6,8-9H2,1-2H3,(H,16,20)/t13-/m1/s1. The van der Waals surface area contributed by atoms with E-state index >= 15 is 0 Å². The topological polar surface area (TPSA) is 62.3 Å². The average Bonchev–Trinajstić information content (AvgIpc) is 3.11. The summed E-state index contributed by atoms with van der Waals surface area (Å²) in [5.74, 6) is 1.15. The maximum atomic E-state index is 12.4. The van der Waals surface area contributed by atoms with Crippen LogP contribution in [-0.2, 0) is 9.59 Å². The number of thiazole rings is 1. The summed E-state index contributed by atoms with van der Waals surface area (Å²) in [5, 5.41) is 4.94. The molecule has 122 valence electrons. The first kappa shape index (κ1) is 17.3. The van der Waals surface area contributed by atoms with Crippen LogP contribution in [0.3, 0.4) is 0 Å². The molecule has 1 aromatic rings. The van der Waals surface area contributed by atoms with Gasteiger partial charge in [0.15, 0.2) is 0 Å². The third-order valence-corrected chi connectivity index (χ3v) is 5.65. The summed E-state index contributed by atoms with van der Waals surface area (Å²) in [6.45, 7) is 5.33. The summed E-state index contributed by atoms with van der Waals surface area (Å²) >= 11 is 3.34. The van der Waals surface area contributed by atoms with Gasteiger partial charge in [0, 0.05) is 36.8 Å². The molecule has 22 heavy (non-hydrogen) atoms. The fourth-order valence-corrected chi connectivity index (χ4v) is 4.24. The molecule has 2 rings (SSSR count). The Morgan fingerprint density at radius 2 is 2.36 bits per heavy atom. The van der Waals surface area contributed by atoms with Gasteiger partial charge >= 0.3 is 0 Å². The molecule has 1 saturated heterocycles. The first-order valence-corrected chi connectivity index (χ1v) is 9.55. The summed E-state index contributed by atoms with van der Waals surface area (Å²) in [7, 11) is 0. The van der Waals surface area contributed by atoms with E-state index in [0.717, 1.165) is 22.9 Å². The molecule has 0 unspecified atom stereocenters. The molecule has 2 heterocycles. The summed E-state index contributed by atoms with van der Waals surface area (Å²) < 4.78 is 1.06. The van der Waals surface area contributed by atoms with Crippen molar-refractivity contribution in [2.24, 2.45) is 5.92 Å². The quantitative estimate of drug-likeness (QED) is 0.582. The molecule has 1 atom stereocenters. The van der Waals surface area contributed by atoms with E-state index in [-0.39, 0.29) is 23.8 Å². The Balaban J connectivity index is 1.73. The van der Waals surface area contributed by atoms with Crippen molar-refractivity contribution in [2.45, 2.75) is 43.5 Å². The summed E-state index contributed by atoms with van der Waals surface area (Å²) in [4.78, 5) is 30.2. The van der Waals surface area contributed by atoms with Crippen LogP contribution in [0.1, 0.15) is 33.1 Å². The van der Waals surface area contributed by atoms with E-state index in [1.165, 1.54) is 0 Å². The summed E-state index contributed by atoms with van der Waals surface area (Å²) in [6, 6.07) is -0.332. The van der Waals surface area contributed by atoms with E-state index in [1.807, 2.05) is 19.2 Å². The second-order valence-corrected chi connectivity index (χ2v) is 7.91. The number of nitrogens with zero attached hydrogens (tertiary/aromatic N) is 2. The monoisotopic (exact) mass is 341 g/mol. The largest absolute Gasteiger partial charge is 0.354 e. The van der Waals surface area contributed by atoms with Crippen LogP contribution in [0.15, 0.2) is 15.9 Å². The van der Waals surface area contributed by atoms with Crippen molar-refractivity contribution in [1.29, 1.82) is 0 Å². The number of aromatic nitrogens is 1. The highest BCUT2D eigenvalue weighted by molar-refractivity contribution is 8.00. The molecule has 7 heteroatoms. The van der Waals surface area contributed by atoms with Crippen molar-refractivity contribution in [3.63, 3.8) is 0 Å². The Hall–Kier alpha value is -1.08. The van der Waals surface area contributed by atoms with Crippen LogP contribution in [0.5, 0.6) is 0 Å². The smallest absolute Gasteiger partial charge is 0.243 e. The van der Waals surface area contributed by atoms with Crippen molar-refractivity contribution >= 4 is 34.9 Å². The maximum absolute atomic E-state index is 12.4. The van der Waals surface area contributed by atoms with Gasteiger partial charge in [0.05, 0.1) is 0 Å². The zero-order valence-corrected chi connectivity index (χ0v) is 14.7. The van der Waals surface area contributed by atoms with Gasteiger partial charge in [-0.3, -0.25) is 9.59 Å². The van der Waals surface area contributed by atoms with Crippen molar-refractivity contribution in [3.05, 3.63) is 11.6 Å². The second kappa shape index (κ2) is 8.53. The van der Waals surface area contributed by atoms with Gasteiger partial charge in [0.2, 0.25) is 11.8 Å². The molecule has 1 aromatic heterocycles. The normalized spacial score (nSPS) is 16.3. The number of thioether (sulfide) groups is 1. The van der Waals surface area contributed by atoms with Crippen LogP contribution < -0.4 is 5.32 Å².